The molecule has 0 bridgehead atoms. The summed E-state index contributed by atoms with van der Waals surface area (Å²) in [5, 5.41) is 3.56. The number of halogens is 1. The molecule has 8 heteroatoms. The van der Waals surface area contributed by atoms with E-state index in [-0.39, 0.29) is 16.2 Å². The van der Waals surface area contributed by atoms with Gasteiger partial charge in [-0.05, 0) is 48.6 Å². The molecule has 3 aromatic rings. The first-order valence-corrected chi connectivity index (χ1v) is 7.68. The Kier molecular flexibility index (Phi) is 4.37. The van der Waals surface area contributed by atoms with Gasteiger partial charge in [0.15, 0.2) is 4.77 Å². The Bertz CT molecular complexity index is 1060. The fraction of sp³-hybridized carbons (Fsp3) is 0.0625. The van der Waals surface area contributed by atoms with Gasteiger partial charge in [-0.3, -0.25) is 14.6 Å². The summed E-state index contributed by atoms with van der Waals surface area (Å²) < 4.78 is 5.27. The number of H-pyrrole nitrogens is 2. The minimum Gasteiger partial charge on any atom is -0.495 e. The highest BCUT2D eigenvalue weighted by atomic mass is 35.5. The number of anilines is 1. The molecule has 2 aromatic carbocycles. The van der Waals surface area contributed by atoms with E-state index in [1.165, 1.54) is 7.11 Å². The second kappa shape index (κ2) is 6.46. The lowest BCUT2D eigenvalue weighted by Crippen LogP contribution is -2.13. The van der Waals surface area contributed by atoms with Crippen LogP contribution in [0.4, 0.5) is 5.69 Å². The van der Waals surface area contributed by atoms with E-state index in [0.29, 0.717) is 32.9 Å². The van der Waals surface area contributed by atoms with Crippen molar-refractivity contribution in [1.29, 1.82) is 0 Å². The summed E-state index contributed by atoms with van der Waals surface area (Å²) in [6, 6.07) is 9.64. The molecule has 6 nitrogen and oxygen atoms in total. The van der Waals surface area contributed by atoms with Crippen LogP contribution in [0.15, 0.2) is 41.2 Å². The summed E-state index contributed by atoms with van der Waals surface area (Å²) in [6.07, 6.45) is 0. The van der Waals surface area contributed by atoms with Gasteiger partial charge < -0.3 is 15.0 Å². The summed E-state index contributed by atoms with van der Waals surface area (Å²) in [5.74, 6) is 0.185. The second-order valence-electron chi connectivity index (χ2n) is 4.97. The van der Waals surface area contributed by atoms with Crippen LogP contribution >= 0.6 is 23.8 Å². The second-order valence-corrected chi connectivity index (χ2v) is 5.79. The predicted molar refractivity (Wildman–Crippen MR) is 95.7 cm³/mol. The lowest BCUT2D eigenvalue weighted by atomic mass is 10.1. The molecule has 24 heavy (non-hydrogen) atoms. The number of carbonyl (C=O) groups is 1. The van der Waals surface area contributed by atoms with Crippen molar-refractivity contribution >= 4 is 46.3 Å². The van der Waals surface area contributed by atoms with Gasteiger partial charge in [0.05, 0.1) is 23.0 Å². The zero-order valence-corrected chi connectivity index (χ0v) is 14.0. The van der Waals surface area contributed by atoms with E-state index < -0.39 is 0 Å². The SMILES string of the molecule is COc1ccc(NC(=O)c2ccc3c(=O)[nH]c(=S)[nH]c3c2)cc1Cl. The molecule has 0 aliphatic rings. The molecule has 0 fully saturated rings. The summed E-state index contributed by atoms with van der Waals surface area (Å²) >= 11 is 11.0. The van der Waals surface area contributed by atoms with Crippen molar-refractivity contribution in [3.63, 3.8) is 0 Å². The van der Waals surface area contributed by atoms with Crippen LogP contribution in [0, 0.1) is 4.77 Å². The minimum absolute atomic E-state index is 0.201. The fourth-order valence-electron chi connectivity index (χ4n) is 2.26. The number of hydrogen-bond acceptors (Lipinski definition) is 4. The standard InChI is InChI=1S/C16H12ClN3O3S/c1-23-13-5-3-9(7-11(13)17)18-14(21)8-2-4-10-12(6-8)19-16(24)20-15(10)22/h2-7H,1H3,(H,18,21)(H2,19,20,22,24). The average molecular weight is 362 g/mol. The third-order valence-corrected chi connectivity index (χ3v) is 3.91. The number of aromatic amines is 2. The number of hydrogen-bond donors (Lipinski definition) is 3. The van der Waals surface area contributed by atoms with Crippen molar-refractivity contribution in [2.75, 3.05) is 12.4 Å². The zero-order chi connectivity index (χ0) is 17.3. The number of ether oxygens (including phenoxy) is 1. The number of benzene rings is 2. The van der Waals surface area contributed by atoms with Gasteiger partial charge >= 0.3 is 0 Å². The fourth-order valence-corrected chi connectivity index (χ4v) is 2.72. The van der Waals surface area contributed by atoms with Crippen molar-refractivity contribution in [3.8, 4) is 5.75 Å². The normalized spacial score (nSPS) is 10.6. The highest BCUT2D eigenvalue weighted by Gasteiger charge is 2.10. The van der Waals surface area contributed by atoms with Crippen molar-refractivity contribution in [2.24, 2.45) is 0 Å². The quantitative estimate of drug-likeness (QED) is 0.623. The Morgan fingerprint density at radius 2 is 2.00 bits per heavy atom. The number of fused-ring (bicyclic) bond motifs is 1. The number of rotatable bonds is 3. The van der Waals surface area contributed by atoms with Crippen LogP contribution in [0.25, 0.3) is 10.9 Å². The summed E-state index contributed by atoms with van der Waals surface area (Å²) in [4.78, 5) is 29.5. The van der Waals surface area contributed by atoms with Crippen molar-refractivity contribution in [1.82, 2.24) is 9.97 Å². The number of methoxy groups -OCH3 is 1. The summed E-state index contributed by atoms with van der Waals surface area (Å²) in [6.45, 7) is 0. The first-order valence-electron chi connectivity index (χ1n) is 6.89. The molecule has 1 aromatic heterocycles. The number of amides is 1. The Morgan fingerprint density at radius 1 is 1.21 bits per heavy atom. The lowest BCUT2D eigenvalue weighted by molar-refractivity contribution is 0.102. The van der Waals surface area contributed by atoms with Crippen molar-refractivity contribution in [2.45, 2.75) is 0 Å². The summed E-state index contributed by atoms with van der Waals surface area (Å²) in [7, 11) is 1.51. The molecular weight excluding hydrogens is 350 g/mol. The molecule has 3 rings (SSSR count). The molecule has 0 saturated carbocycles. The van der Waals surface area contributed by atoms with E-state index in [9.17, 15) is 9.59 Å². The van der Waals surface area contributed by atoms with E-state index in [2.05, 4.69) is 15.3 Å². The van der Waals surface area contributed by atoms with Crippen LogP contribution < -0.4 is 15.6 Å². The van der Waals surface area contributed by atoms with Crippen LogP contribution in [0.5, 0.6) is 5.75 Å². The molecule has 0 aliphatic heterocycles. The van der Waals surface area contributed by atoms with Gasteiger partial charge in [0.1, 0.15) is 5.75 Å². The Labute approximate surface area is 146 Å². The molecule has 1 heterocycles. The van der Waals surface area contributed by atoms with E-state index in [0.717, 1.165) is 0 Å². The lowest BCUT2D eigenvalue weighted by Gasteiger charge is -2.08. The predicted octanol–water partition coefficient (Wildman–Crippen LogP) is 3.50. The molecule has 0 spiro atoms. The van der Waals surface area contributed by atoms with Gasteiger partial charge in [0.25, 0.3) is 11.5 Å². The van der Waals surface area contributed by atoms with Crippen LogP contribution in [0.3, 0.4) is 0 Å². The highest BCUT2D eigenvalue weighted by Crippen LogP contribution is 2.27. The molecule has 0 saturated heterocycles. The van der Waals surface area contributed by atoms with Gasteiger partial charge in [-0.15, -0.1) is 0 Å². The molecular formula is C16H12ClN3O3S. The molecule has 0 atom stereocenters. The van der Waals surface area contributed by atoms with E-state index in [4.69, 9.17) is 28.6 Å². The largest absolute Gasteiger partial charge is 0.495 e. The zero-order valence-electron chi connectivity index (χ0n) is 12.5. The number of nitrogens with one attached hydrogen (secondary N) is 3. The molecule has 0 radical (unpaired) electrons. The third-order valence-electron chi connectivity index (χ3n) is 3.41. The van der Waals surface area contributed by atoms with Crippen molar-refractivity contribution < 1.29 is 9.53 Å². The van der Waals surface area contributed by atoms with Crippen LogP contribution in [-0.2, 0) is 0 Å². The van der Waals surface area contributed by atoms with Crippen LogP contribution in [0.2, 0.25) is 5.02 Å². The van der Waals surface area contributed by atoms with Gasteiger partial charge in [-0.2, -0.15) is 0 Å². The van der Waals surface area contributed by atoms with Crippen LogP contribution in [-0.4, -0.2) is 23.0 Å². The molecule has 3 N–H and O–H groups in total. The van der Waals surface area contributed by atoms with Crippen LogP contribution in [0.1, 0.15) is 10.4 Å². The minimum atomic E-state index is -0.335. The van der Waals surface area contributed by atoms with Gasteiger partial charge in [-0.25, -0.2) is 0 Å². The average Bonchev–Trinajstić information content (AvgIpc) is 2.54. The topological polar surface area (TPSA) is 87.0 Å². The molecule has 122 valence electrons. The molecule has 1 amide bonds. The maximum Gasteiger partial charge on any atom is 0.259 e. The van der Waals surface area contributed by atoms with E-state index in [1.807, 2.05) is 0 Å². The monoisotopic (exact) mass is 361 g/mol. The Hall–Kier alpha value is -2.64. The Balaban J connectivity index is 1.92. The number of aromatic nitrogens is 2. The number of carbonyl (C=O) groups excluding carboxylic acids is 1. The smallest absolute Gasteiger partial charge is 0.259 e. The highest BCUT2D eigenvalue weighted by molar-refractivity contribution is 7.71. The third kappa shape index (κ3) is 3.17. The van der Waals surface area contributed by atoms with Crippen molar-refractivity contribution in [3.05, 3.63) is 62.1 Å². The molecule has 0 aliphatic carbocycles. The first kappa shape index (κ1) is 16.2. The maximum absolute atomic E-state index is 12.4. The van der Waals surface area contributed by atoms with E-state index >= 15 is 0 Å². The Morgan fingerprint density at radius 3 is 2.71 bits per heavy atom. The first-order chi connectivity index (χ1) is 11.5. The summed E-state index contributed by atoms with van der Waals surface area (Å²) in [5.41, 5.74) is 1.10. The maximum atomic E-state index is 12.4. The van der Waals surface area contributed by atoms with Gasteiger partial charge in [0, 0.05) is 11.3 Å². The molecule has 0 unspecified atom stereocenters. The van der Waals surface area contributed by atoms with Gasteiger partial charge in [0.2, 0.25) is 0 Å². The van der Waals surface area contributed by atoms with E-state index in [1.54, 1.807) is 36.4 Å². The van der Waals surface area contributed by atoms with Gasteiger partial charge in [-0.1, -0.05) is 11.6 Å².